The normalized spacial score (nSPS) is 18.9. The molecule has 1 spiro atoms. The van der Waals surface area contributed by atoms with Crippen molar-refractivity contribution >= 4 is 28.1 Å². The van der Waals surface area contributed by atoms with Crippen LogP contribution in [0, 0.1) is 0 Å². The van der Waals surface area contributed by atoms with Gasteiger partial charge in [0, 0.05) is 30.8 Å². The lowest BCUT2D eigenvalue weighted by Gasteiger charge is -2.30. The minimum atomic E-state index is -0.306. The second-order valence-electron chi connectivity index (χ2n) is 5.95. The molecule has 0 atom stereocenters. The maximum Gasteiger partial charge on any atom is 0.275 e. The summed E-state index contributed by atoms with van der Waals surface area (Å²) in [7, 11) is 0. The number of amides is 1. The summed E-state index contributed by atoms with van der Waals surface area (Å²) in [4.78, 5) is 26.7. The fourth-order valence-corrected chi connectivity index (χ4v) is 3.63. The number of hydrogen-bond donors (Lipinski definition) is 2. The molecular weight excluding hydrogens is 326 g/mol. The van der Waals surface area contributed by atoms with Crippen LogP contribution in [0.5, 0.6) is 0 Å². The van der Waals surface area contributed by atoms with E-state index < -0.39 is 0 Å². The number of hydrogen-bond acceptors (Lipinski definition) is 7. The Morgan fingerprint density at radius 3 is 2.96 bits per heavy atom. The summed E-state index contributed by atoms with van der Waals surface area (Å²) in [5.74, 6) is -0.243. The molecule has 4 heterocycles. The van der Waals surface area contributed by atoms with Gasteiger partial charge in [0.1, 0.15) is 17.0 Å². The van der Waals surface area contributed by atoms with Crippen molar-refractivity contribution in [2.75, 3.05) is 18.4 Å². The fourth-order valence-electron chi connectivity index (χ4n) is 2.93. The Hall–Kier alpha value is -2.32. The van der Waals surface area contributed by atoms with Crippen LogP contribution in [-0.4, -0.2) is 40.3 Å². The lowest BCUT2D eigenvalue weighted by atomic mass is 9.87. The van der Waals surface area contributed by atoms with Crippen LogP contribution in [0.25, 0.3) is 11.4 Å². The standard InChI is InChI=1S/C16H17N5O2S/c22-14(12-9-16(23-21-12)4-7-17-8-5-16)20-15-19-13(10-24-15)11-3-1-2-6-18-11/h1-3,6,10,17H,4-5,7-9H2,(H,19,20,22). The van der Waals surface area contributed by atoms with Crippen molar-refractivity contribution in [3.8, 4) is 11.4 Å². The van der Waals surface area contributed by atoms with Gasteiger partial charge in [0.05, 0.1) is 5.69 Å². The van der Waals surface area contributed by atoms with Crippen LogP contribution in [0.1, 0.15) is 19.3 Å². The first kappa shape index (κ1) is 15.2. The van der Waals surface area contributed by atoms with Gasteiger partial charge in [0.25, 0.3) is 5.91 Å². The smallest absolute Gasteiger partial charge is 0.275 e. The van der Waals surface area contributed by atoms with Crippen LogP contribution in [0.15, 0.2) is 34.9 Å². The van der Waals surface area contributed by atoms with Crippen molar-refractivity contribution in [2.45, 2.75) is 24.9 Å². The molecule has 2 N–H and O–H groups in total. The van der Waals surface area contributed by atoms with E-state index in [4.69, 9.17) is 4.84 Å². The van der Waals surface area contributed by atoms with Crippen LogP contribution in [0.2, 0.25) is 0 Å². The predicted molar refractivity (Wildman–Crippen MR) is 91.9 cm³/mol. The van der Waals surface area contributed by atoms with Gasteiger partial charge in [-0.3, -0.25) is 15.1 Å². The van der Waals surface area contributed by atoms with Gasteiger partial charge in [0.15, 0.2) is 5.13 Å². The van der Waals surface area contributed by atoms with Crippen molar-refractivity contribution in [3.63, 3.8) is 0 Å². The van der Waals surface area contributed by atoms with Gasteiger partial charge in [-0.25, -0.2) is 4.98 Å². The number of oxime groups is 1. The SMILES string of the molecule is O=C(Nc1nc(-c2ccccn2)cs1)C1=NOC2(CCNCC2)C1. The minimum absolute atomic E-state index is 0.243. The molecule has 1 fully saturated rings. The van der Waals surface area contributed by atoms with Crippen LogP contribution in [0.4, 0.5) is 5.13 Å². The first-order chi connectivity index (χ1) is 11.7. The highest BCUT2D eigenvalue weighted by atomic mass is 32.1. The monoisotopic (exact) mass is 343 g/mol. The van der Waals surface area contributed by atoms with E-state index in [1.807, 2.05) is 23.6 Å². The van der Waals surface area contributed by atoms with Gasteiger partial charge in [0.2, 0.25) is 0 Å². The average molecular weight is 343 g/mol. The molecule has 24 heavy (non-hydrogen) atoms. The van der Waals surface area contributed by atoms with Crippen LogP contribution in [0.3, 0.4) is 0 Å². The van der Waals surface area contributed by atoms with Crippen molar-refractivity contribution in [1.29, 1.82) is 0 Å². The van der Waals surface area contributed by atoms with Gasteiger partial charge in [-0.15, -0.1) is 11.3 Å². The summed E-state index contributed by atoms with van der Waals surface area (Å²) in [5, 5.41) is 12.5. The van der Waals surface area contributed by atoms with Gasteiger partial charge in [-0.2, -0.15) is 0 Å². The van der Waals surface area contributed by atoms with E-state index in [1.54, 1.807) is 6.20 Å². The van der Waals surface area contributed by atoms with Crippen molar-refractivity contribution < 1.29 is 9.63 Å². The van der Waals surface area contributed by atoms with Crippen molar-refractivity contribution in [1.82, 2.24) is 15.3 Å². The zero-order chi connectivity index (χ0) is 16.4. The van der Waals surface area contributed by atoms with E-state index in [0.29, 0.717) is 17.3 Å². The Balaban J connectivity index is 1.41. The molecule has 8 heteroatoms. The molecule has 2 aliphatic heterocycles. The summed E-state index contributed by atoms with van der Waals surface area (Å²) in [5.41, 5.74) is 1.66. The van der Waals surface area contributed by atoms with Crippen LogP contribution >= 0.6 is 11.3 Å². The maximum absolute atomic E-state index is 12.4. The van der Waals surface area contributed by atoms with E-state index in [2.05, 4.69) is 25.8 Å². The molecule has 124 valence electrons. The zero-order valence-corrected chi connectivity index (χ0v) is 13.8. The van der Waals surface area contributed by atoms with E-state index in [0.717, 1.165) is 37.3 Å². The Morgan fingerprint density at radius 2 is 2.17 bits per heavy atom. The maximum atomic E-state index is 12.4. The Bertz CT molecular complexity index is 768. The van der Waals surface area contributed by atoms with E-state index in [9.17, 15) is 4.79 Å². The molecule has 2 aromatic heterocycles. The summed E-state index contributed by atoms with van der Waals surface area (Å²) in [6.45, 7) is 1.79. The highest BCUT2D eigenvalue weighted by Gasteiger charge is 2.42. The van der Waals surface area contributed by atoms with E-state index in [-0.39, 0.29) is 11.5 Å². The second kappa shape index (κ2) is 6.29. The first-order valence-electron chi connectivity index (χ1n) is 7.88. The largest absolute Gasteiger partial charge is 0.388 e. The minimum Gasteiger partial charge on any atom is -0.388 e. The number of aromatic nitrogens is 2. The van der Waals surface area contributed by atoms with E-state index >= 15 is 0 Å². The third kappa shape index (κ3) is 3.02. The summed E-state index contributed by atoms with van der Waals surface area (Å²) < 4.78 is 0. The molecule has 0 unspecified atom stereocenters. The number of nitrogens with one attached hydrogen (secondary N) is 2. The predicted octanol–water partition coefficient (Wildman–Crippen LogP) is 2.04. The average Bonchev–Trinajstić information content (AvgIpc) is 3.24. The zero-order valence-electron chi connectivity index (χ0n) is 13.0. The molecule has 0 saturated carbocycles. The fraction of sp³-hybridized carbons (Fsp3) is 0.375. The molecule has 1 amide bonds. The molecule has 2 aromatic rings. The van der Waals surface area contributed by atoms with Gasteiger partial charge in [-0.05, 0) is 25.2 Å². The van der Waals surface area contributed by atoms with Crippen LogP contribution in [-0.2, 0) is 9.63 Å². The van der Waals surface area contributed by atoms with Gasteiger partial charge < -0.3 is 10.2 Å². The highest BCUT2D eigenvalue weighted by Crippen LogP contribution is 2.33. The number of nitrogens with zero attached hydrogens (tertiary/aromatic N) is 3. The Labute approximate surface area is 143 Å². The molecule has 0 aromatic carbocycles. The highest BCUT2D eigenvalue weighted by molar-refractivity contribution is 7.14. The van der Waals surface area contributed by atoms with Gasteiger partial charge in [-0.1, -0.05) is 11.2 Å². The topological polar surface area (TPSA) is 88.5 Å². The quantitative estimate of drug-likeness (QED) is 0.890. The van der Waals surface area contributed by atoms with Crippen molar-refractivity contribution in [3.05, 3.63) is 29.8 Å². The second-order valence-corrected chi connectivity index (χ2v) is 6.80. The summed E-state index contributed by atoms with van der Waals surface area (Å²) >= 11 is 1.37. The van der Waals surface area contributed by atoms with Crippen LogP contribution < -0.4 is 10.6 Å². The molecule has 0 radical (unpaired) electrons. The summed E-state index contributed by atoms with van der Waals surface area (Å²) in [6.07, 6.45) is 4.01. The Kier molecular flexibility index (Phi) is 3.99. The number of carbonyl (C=O) groups is 1. The lowest BCUT2D eigenvalue weighted by Crippen LogP contribution is -2.42. The summed E-state index contributed by atoms with van der Waals surface area (Å²) in [6, 6.07) is 5.65. The number of rotatable bonds is 3. The molecule has 0 aliphatic carbocycles. The lowest BCUT2D eigenvalue weighted by molar-refractivity contribution is -0.110. The molecule has 2 aliphatic rings. The van der Waals surface area contributed by atoms with Gasteiger partial charge >= 0.3 is 0 Å². The number of piperidine rings is 1. The third-order valence-electron chi connectivity index (χ3n) is 4.27. The molecule has 4 rings (SSSR count). The van der Waals surface area contributed by atoms with E-state index in [1.165, 1.54) is 11.3 Å². The molecule has 1 saturated heterocycles. The van der Waals surface area contributed by atoms with Crippen molar-refractivity contribution in [2.24, 2.45) is 5.16 Å². The number of thiazole rings is 1. The number of carbonyl (C=O) groups excluding carboxylic acids is 1. The number of pyridine rings is 1. The third-order valence-corrected chi connectivity index (χ3v) is 5.03. The first-order valence-corrected chi connectivity index (χ1v) is 8.76. The molecular formula is C16H17N5O2S. The molecule has 7 nitrogen and oxygen atoms in total. The Morgan fingerprint density at radius 1 is 1.29 bits per heavy atom. The molecule has 0 bridgehead atoms. The number of anilines is 1.